The van der Waals surface area contributed by atoms with E-state index in [1.807, 2.05) is 6.92 Å². The average Bonchev–Trinajstić information content (AvgIpc) is 1.69. The third kappa shape index (κ3) is 5.67. The molecule has 0 aromatic carbocycles. The topological polar surface area (TPSA) is 49.3 Å². The van der Waals surface area contributed by atoms with E-state index >= 15 is 0 Å². The summed E-state index contributed by atoms with van der Waals surface area (Å²) in [5.41, 5.74) is 0. The Labute approximate surface area is 104 Å². The van der Waals surface area contributed by atoms with Crippen LogP contribution in [0.15, 0.2) is 0 Å². The van der Waals surface area contributed by atoms with Gasteiger partial charge in [0.15, 0.2) is 0 Å². The largest absolute Gasteiger partial charge is 0.480 e. The van der Waals surface area contributed by atoms with E-state index in [0.717, 1.165) is 0 Å². The summed E-state index contributed by atoms with van der Waals surface area (Å²) in [5, 5.41) is 11.0. The van der Waals surface area contributed by atoms with Crippen molar-refractivity contribution >= 4 is 64.2 Å². The van der Waals surface area contributed by atoms with Crippen molar-refractivity contribution in [3.63, 3.8) is 0 Å². The summed E-state index contributed by atoms with van der Waals surface area (Å²) >= 11 is 0. The molecule has 1 unspecified atom stereocenters. The predicted octanol–water partition coefficient (Wildman–Crippen LogP) is -0.312. The minimum atomic E-state index is -0.782. The summed E-state index contributed by atoms with van der Waals surface area (Å²) in [4.78, 5) is 10.1. The van der Waals surface area contributed by atoms with Gasteiger partial charge in [-0.2, -0.15) is 0 Å². The van der Waals surface area contributed by atoms with E-state index in [4.69, 9.17) is 5.11 Å². The second kappa shape index (κ2) is 7.34. The Bertz CT molecular complexity index is 83.0. The molecule has 0 bridgehead atoms. The van der Waals surface area contributed by atoms with Crippen molar-refractivity contribution in [2.45, 2.75) is 19.4 Å². The number of nitrogens with one attached hydrogen (secondary N) is 1. The molecule has 1 atom stereocenters. The summed E-state index contributed by atoms with van der Waals surface area (Å²) in [7, 11) is 1.64. The monoisotopic (exact) mass is 202 g/mol. The van der Waals surface area contributed by atoms with E-state index in [9.17, 15) is 4.79 Å². The van der Waals surface area contributed by atoms with Crippen molar-refractivity contribution in [3.05, 3.63) is 0 Å². The predicted molar refractivity (Wildman–Crippen MR) is 36.5 cm³/mol. The number of carboxylic acid groups (broad SMARTS) is 1. The van der Waals surface area contributed by atoms with Crippen molar-refractivity contribution in [1.29, 1.82) is 0 Å². The Balaban J connectivity index is 0. The molecular formula is C5H11NO2Rb. The number of hydrogen-bond acceptors (Lipinski definition) is 2. The number of carboxylic acids is 1. The van der Waals surface area contributed by atoms with Crippen LogP contribution in [-0.2, 0) is 4.79 Å². The number of rotatable bonds is 3. The van der Waals surface area contributed by atoms with E-state index in [0.29, 0.717) is 6.42 Å². The van der Waals surface area contributed by atoms with Gasteiger partial charge >= 0.3 is 5.97 Å². The molecule has 0 aliphatic heterocycles. The molecule has 0 fully saturated rings. The molecule has 4 heteroatoms. The van der Waals surface area contributed by atoms with Crippen LogP contribution in [0.4, 0.5) is 0 Å². The van der Waals surface area contributed by atoms with Gasteiger partial charge in [0.1, 0.15) is 6.04 Å². The van der Waals surface area contributed by atoms with Gasteiger partial charge < -0.3 is 10.4 Å². The molecule has 1 radical (unpaired) electrons. The quantitative estimate of drug-likeness (QED) is 0.660. The van der Waals surface area contributed by atoms with Gasteiger partial charge in [-0.15, -0.1) is 0 Å². The zero-order valence-corrected chi connectivity index (χ0v) is 11.1. The summed E-state index contributed by atoms with van der Waals surface area (Å²) in [6, 6.07) is -0.380. The van der Waals surface area contributed by atoms with Crippen LogP contribution in [0.3, 0.4) is 0 Å². The third-order valence-corrected chi connectivity index (χ3v) is 1.05. The number of carbonyl (C=O) groups is 1. The number of likely N-dealkylation sites (N-methyl/N-ethyl adjacent to an activating group) is 1. The van der Waals surface area contributed by atoms with Gasteiger partial charge in [0.25, 0.3) is 0 Å². The fourth-order valence-electron chi connectivity index (χ4n) is 0.502. The van der Waals surface area contributed by atoms with E-state index in [-0.39, 0.29) is 64.2 Å². The van der Waals surface area contributed by atoms with Crippen LogP contribution in [0.5, 0.6) is 0 Å². The fourth-order valence-corrected chi connectivity index (χ4v) is 0.502. The average molecular weight is 203 g/mol. The molecule has 0 heterocycles. The van der Waals surface area contributed by atoms with Crippen LogP contribution in [0.2, 0.25) is 0 Å². The van der Waals surface area contributed by atoms with E-state index in [1.54, 1.807) is 7.05 Å². The number of hydrogen-bond donors (Lipinski definition) is 2. The van der Waals surface area contributed by atoms with Gasteiger partial charge in [-0.25, -0.2) is 0 Å². The van der Waals surface area contributed by atoms with E-state index in [1.165, 1.54) is 0 Å². The van der Waals surface area contributed by atoms with Crippen LogP contribution in [0.1, 0.15) is 13.3 Å². The molecule has 49 valence electrons. The van der Waals surface area contributed by atoms with Gasteiger partial charge in [-0.1, -0.05) is 6.92 Å². The van der Waals surface area contributed by atoms with Gasteiger partial charge in [0, 0.05) is 58.2 Å². The first-order chi connectivity index (χ1) is 3.72. The van der Waals surface area contributed by atoms with Crippen molar-refractivity contribution < 1.29 is 9.90 Å². The molecule has 0 aromatic heterocycles. The van der Waals surface area contributed by atoms with Crippen LogP contribution < -0.4 is 5.32 Å². The Hall–Kier alpha value is 1.24. The minimum absolute atomic E-state index is 0. The van der Waals surface area contributed by atoms with Gasteiger partial charge in [-0.3, -0.25) is 4.79 Å². The van der Waals surface area contributed by atoms with Crippen molar-refractivity contribution in [2.75, 3.05) is 7.05 Å². The maximum Gasteiger partial charge on any atom is 0.320 e. The first-order valence-corrected chi connectivity index (χ1v) is 2.62. The summed E-state index contributed by atoms with van der Waals surface area (Å²) in [5.74, 6) is -0.782. The van der Waals surface area contributed by atoms with Crippen LogP contribution in [0, 0.1) is 0 Å². The first kappa shape index (κ1) is 12.9. The molecule has 0 aromatic rings. The Kier molecular flexibility index (Phi) is 10.5. The Morgan fingerprint density at radius 2 is 2.22 bits per heavy atom. The van der Waals surface area contributed by atoms with Crippen molar-refractivity contribution in [1.82, 2.24) is 5.32 Å². The third-order valence-electron chi connectivity index (χ3n) is 1.05. The Morgan fingerprint density at radius 1 is 1.78 bits per heavy atom. The normalized spacial score (nSPS) is 11.8. The second-order valence-electron chi connectivity index (χ2n) is 1.59. The SMILES string of the molecule is CCC(NC)C(=O)O.[Rb]. The van der Waals surface area contributed by atoms with E-state index in [2.05, 4.69) is 5.32 Å². The summed E-state index contributed by atoms with van der Waals surface area (Å²) in [6.45, 7) is 1.83. The molecule has 0 amide bonds. The van der Waals surface area contributed by atoms with Crippen molar-refractivity contribution in [2.24, 2.45) is 0 Å². The molecule has 9 heavy (non-hydrogen) atoms. The molecule has 0 spiro atoms. The zero-order valence-electron chi connectivity index (χ0n) is 6.14. The molecular weight excluding hydrogens is 192 g/mol. The van der Waals surface area contributed by atoms with Gasteiger partial charge in [0.05, 0.1) is 0 Å². The van der Waals surface area contributed by atoms with Crippen LogP contribution >= 0.6 is 0 Å². The van der Waals surface area contributed by atoms with Gasteiger partial charge in [0.2, 0.25) is 0 Å². The molecule has 3 nitrogen and oxygen atoms in total. The molecule has 0 saturated carbocycles. The maximum absolute atomic E-state index is 10.1. The zero-order chi connectivity index (χ0) is 6.57. The summed E-state index contributed by atoms with van der Waals surface area (Å²) in [6.07, 6.45) is 0.631. The van der Waals surface area contributed by atoms with Crippen LogP contribution in [0.25, 0.3) is 0 Å². The molecule has 0 rings (SSSR count). The smallest absolute Gasteiger partial charge is 0.320 e. The molecule has 0 aliphatic carbocycles. The Morgan fingerprint density at radius 3 is 2.22 bits per heavy atom. The second-order valence-corrected chi connectivity index (χ2v) is 1.59. The first-order valence-electron chi connectivity index (χ1n) is 2.62. The molecule has 0 aliphatic rings. The fraction of sp³-hybridized carbons (Fsp3) is 0.800. The van der Waals surface area contributed by atoms with E-state index < -0.39 is 5.97 Å². The number of aliphatic carboxylic acids is 1. The maximum atomic E-state index is 10.1. The van der Waals surface area contributed by atoms with Gasteiger partial charge in [-0.05, 0) is 13.5 Å². The minimum Gasteiger partial charge on any atom is -0.480 e. The molecule has 0 saturated heterocycles. The molecule has 2 N–H and O–H groups in total. The van der Waals surface area contributed by atoms with Crippen LogP contribution in [-0.4, -0.2) is 82.4 Å². The summed E-state index contributed by atoms with van der Waals surface area (Å²) < 4.78 is 0. The standard InChI is InChI=1S/C5H11NO2.Rb/c1-3-4(6-2)5(7)8;/h4,6H,3H2,1-2H3,(H,7,8);. The van der Waals surface area contributed by atoms with Crippen molar-refractivity contribution in [3.8, 4) is 0 Å².